The molecule has 0 saturated heterocycles. The molecule has 0 bridgehead atoms. The monoisotopic (exact) mass is 512 g/mol. The second kappa shape index (κ2) is 7.24. The van der Waals surface area contributed by atoms with Gasteiger partial charge >= 0.3 is 0 Å². The van der Waals surface area contributed by atoms with Crippen molar-refractivity contribution in [1.82, 2.24) is 0 Å². The fraction of sp³-hybridized carbons (Fsp3) is 0.111. The highest BCUT2D eigenvalue weighted by Crippen LogP contribution is 2.44. The first kappa shape index (κ1) is 15.5. The third-order valence-corrected chi connectivity index (χ3v) is 7.97. The van der Waals surface area contributed by atoms with Crippen molar-refractivity contribution in [2.75, 3.05) is 0 Å². The van der Waals surface area contributed by atoms with Crippen molar-refractivity contribution in [3.05, 3.63) is 79.0 Å². The summed E-state index contributed by atoms with van der Waals surface area (Å²) in [6.45, 7) is 0. The summed E-state index contributed by atoms with van der Waals surface area (Å²) in [6, 6.07) is 24.0. The molecule has 0 fully saturated rings. The van der Waals surface area contributed by atoms with Gasteiger partial charge in [-0.1, -0.05) is 60.7 Å². The average Bonchev–Trinajstić information content (AvgIpc) is 2.67. The van der Waals surface area contributed by atoms with Gasteiger partial charge in [0.1, 0.15) is 0 Å². The molecule has 104 valence electrons. The minimum absolute atomic E-state index is 0.986. The van der Waals surface area contributed by atoms with Crippen molar-refractivity contribution in [2.45, 2.75) is 12.1 Å². The Morgan fingerprint density at radius 3 is 1.38 bits per heavy atom. The Morgan fingerprint density at radius 1 is 0.619 bits per heavy atom. The van der Waals surface area contributed by atoms with Gasteiger partial charge in [-0.2, -0.15) is 0 Å². The van der Waals surface area contributed by atoms with E-state index in [9.17, 15) is 0 Å². The molecule has 0 amide bonds. The van der Waals surface area contributed by atoms with Crippen LogP contribution in [0.4, 0.5) is 0 Å². The number of hydrogen-bond acceptors (Lipinski definition) is 0. The Kier molecular flexibility index (Phi) is 5.34. The summed E-state index contributed by atoms with van der Waals surface area (Å²) in [6.07, 6.45) is 0. The van der Waals surface area contributed by atoms with Crippen LogP contribution in [0.15, 0.2) is 67.8 Å². The second-order valence-electron chi connectivity index (χ2n) is 4.90. The van der Waals surface area contributed by atoms with Gasteiger partial charge in [0.2, 0.25) is 0 Å². The van der Waals surface area contributed by atoms with Crippen LogP contribution in [0.2, 0.25) is 12.1 Å². The zero-order chi connectivity index (χ0) is 14.7. The Hall–Kier alpha value is -0.403. The predicted octanol–water partition coefficient (Wildman–Crippen LogP) is 6.23. The van der Waals surface area contributed by atoms with E-state index in [0.29, 0.717) is 0 Å². The lowest BCUT2D eigenvalue weighted by atomic mass is 9.92. The first-order chi connectivity index (χ1) is 10.3. The van der Waals surface area contributed by atoms with Crippen molar-refractivity contribution < 1.29 is 0 Å². The van der Waals surface area contributed by atoms with Crippen LogP contribution in [0, 0.1) is 0 Å². The van der Waals surface area contributed by atoms with Crippen LogP contribution < -0.4 is 0 Å². The van der Waals surface area contributed by atoms with Gasteiger partial charge in [-0.15, -0.1) is 0 Å². The fourth-order valence-electron chi connectivity index (χ4n) is 2.54. The van der Waals surface area contributed by atoms with Gasteiger partial charge in [-0.25, -0.2) is 0 Å². The molecule has 0 saturated carbocycles. The van der Waals surface area contributed by atoms with Crippen LogP contribution >= 0.6 is 45.2 Å². The summed E-state index contributed by atoms with van der Waals surface area (Å²) in [5.41, 5.74) is 5.52. The minimum atomic E-state index is 0.986. The molecule has 1 aliphatic rings. The van der Waals surface area contributed by atoms with Crippen LogP contribution in [0.5, 0.6) is 0 Å². The predicted molar refractivity (Wildman–Crippen MR) is 110 cm³/mol. The maximum atomic E-state index is 2.55. The fourth-order valence-corrected chi connectivity index (χ4v) is 6.24. The lowest BCUT2D eigenvalue weighted by Gasteiger charge is -2.16. The van der Waals surface area contributed by atoms with E-state index >= 15 is 0 Å². The standard InChI is InChI=1S/C18H14I2Si/c19-15-11-21-12-16(20)18(14-9-5-2-6-10-14)17(15)13-7-3-1-4-8-13/h1-10H,11-12H2. The molecule has 0 nitrogen and oxygen atoms in total. The zero-order valence-electron chi connectivity index (χ0n) is 11.4. The molecule has 0 aliphatic carbocycles. The van der Waals surface area contributed by atoms with Gasteiger partial charge in [-0.3, -0.25) is 0 Å². The highest BCUT2D eigenvalue weighted by atomic mass is 127. The molecular weight excluding hydrogens is 498 g/mol. The van der Waals surface area contributed by atoms with E-state index in [1.807, 2.05) is 0 Å². The van der Waals surface area contributed by atoms with Crippen LogP contribution in [-0.4, -0.2) is 9.52 Å². The van der Waals surface area contributed by atoms with Gasteiger partial charge in [0, 0.05) is 9.52 Å². The summed E-state index contributed by atoms with van der Waals surface area (Å²) in [4.78, 5) is 0. The molecule has 3 rings (SSSR count). The Balaban J connectivity index is 2.23. The summed E-state index contributed by atoms with van der Waals surface area (Å²) < 4.78 is 2.98. The maximum absolute atomic E-state index is 2.55. The van der Waals surface area contributed by atoms with Gasteiger partial charge in [0.05, 0.1) is 0 Å². The second-order valence-corrected chi connectivity index (χ2v) is 8.71. The van der Waals surface area contributed by atoms with Gasteiger partial charge in [-0.05, 0) is 86.7 Å². The molecule has 1 heterocycles. The SMILES string of the molecule is IC1=C(c2ccccc2)C(c2ccccc2)=C(I)C[Si]C1. The number of halogens is 2. The molecule has 3 heteroatoms. The van der Waals surface area contributed by atoms with E-state index in [1.165, 1.54) is 41.5 Å². The first-order valence-corrected chi connectivity index (χ1v) is 10.4. The largest absolute Gasteiger partial charge is 0.0622 e. The third-order valence-electron chi connectivity index (χ3n) is 3.48. The van der Waals surface area contributed by atoms with E-state index < -0.39 is 0 Å². The quantitative estimate of drug-likeness (QED) is 0.331. The number of benzene rings is 2. The van der Waals surface area contributed by atoms with Gasteiger partial charge in [0.25, 0.3) is 0 Å². The van der Waals surface area contributed by atoms with Crippen molar-refractivity contribution in [1.29, 1.82) is 0 Å². The topological polar surface area (TPSA) is 0 Å². The van der Waals surface area contributed by atoms with E-state index in [-0.39, 0.29) is 0 Å². The Bertz CT molecular complexity index is 626. The molecule has 0 aromatic heterocycles. The normalized spacial score (nSPS) is 16.1. The van der Waals surface area contributed by atoms with Crippen molar-refractivity contribution >= 4 is 65.8 Å². The average molecular weight is 512 g/mol. The van der Waals surface area contributed by atoms with E-state index in [4.69, 9.17) is 0 Å². The molecule has 2 aromatic carbocycles. The van der Waals surface area contributed by atoms with Crippen molar-refractivity contribution in [3.8, 4) is 0 Å². The number of allylic oxidation sites excluding steroid dienone is 4. The number of rotatable bonds is 2. The third kappa shape index (κ3) is 3.51. The van der Waals surface area contributed by atoms with E-state index in [2.05, 4.69) is 106 Å². The highest BCUT2D eigenvalue weighted by Gasteiger charge is 2.20. The first-order valence-electron chi connectivity index (χ1n) is 6.86. The minimum Gasteiger partial charge on any atom is -0.0622 e. The highest BCUT2D eigenvalue weighted by molar-refractivity contribution is 14.1. The summed E-state index contributed by atoms with van der Waals surface area (Å²) in [5, 5.41) is 0. The van der Waals surface area contributed by atoms with Crippen molar-refractivity contribution in [3.63, 3.8) is 0 Å². The molecule has 1 aliphatic heterocycles. The smallest absolute Gasteiger partial charge is 0.0491 e. The number of hydrogen-bond donors (Lipinski definition) is 0. The van der Waals surface area contributed by atoms with E-state index in [1.54, 1.807) is 0 Å². The van der Waals surface area contributed by atoms with Crippen LogP contribution in [0.3, 0.4) is 0 Å². The lowest BCUT2D eigenvalue weighted by molar-refractivity contribution is 1.56. The molecule has 2 radical (unpaired) electrons. The Labute approximate surface area is 155 Å². The van der Waals surface area contributed by atoms with E-state index in [0.717, 1.165) is 9.52 Å². The maximum Gasteiger partial charge on any atom is 0.0491 e. The van der Waals surface area contributed by atoms with Crippen LogP contribution in [0.25, 0.3) is 11.1 Å². The molecule has 2 aromatic rings. The van der Waals surface area contributed by atoms with Gasteiger partial charge in [0.15, 0.2) is 0 Å². The summed E-state index contributed by atoms with van der Waals surface area (Å²) in [7, 11) is 0.986. The van der Waals surface area contributed by atoms with Crippen LogP contribution in [-0.2, 0) is 0 Å². The summed E-state index contributed by atoms with van der Waals surface area (Å²) in [5.74, 6) is 0. The molecule has 0 atom stereocenters. The zero-order valence-corrected chi connectivity index (χ0v) is 16.8. The molecule has 0 spiro atoms. The lowest BCUT2D eigenvalue weighted by Crippen LogP contribution is -1.93. The molecular formula is C18H14I2Si. The van der Waals surface area contributed by atoms with Crippen LogP contribution in [0.1, 0.15) is 11.1 Å². The summed E-state index contributed by atoms with van der Waals surface area (Å²) >= 11 is 5.10. The molecule has 21 heavy (non-hydrogen) atoms. The van der Waals surface area contributed by atoms with Crippen molar-refractivity contribution in [2.24, 2.45) is 0 Å². The molecule has 0 N–H and O–H groups in total. The van der Waals surface area contributed by atoms with Gasteiger partial charge < -0.3 is 0 Å². The Morgan fingerprint density at radius 2 is 1.00 bits per heavy atom. The molecule has 0 unspecified atom stereocenters.